The number of hydrogen-bond donors (Lipinski definition) is 2. The molecule has 2 aromatic carbocycles. The van der Waals surface area contributed by atoms with E-state index in [-0.39, 0.29) is 23.3 Å². The molecule has 206 valence electrons. The van der Waals surface area contributed by atoms with Gasteiger partial charge >= 0.3 is 0 Å². The zero-order valence-corrected chi connectivity index (χ0v) is 23.0. The van der Waals surface area contributed by atoms with Crippen LogP contribution in [0.2, 0.25) is 0 Å². The molecule has 1 spiro atoms. The number of aryl methyl sites for hydroxylation is 1. The second kappa shape index (κ2) is 12.0. The van der Waals surface area contributed by atoms with E-state index in [0.29, 0.717) is 24.5 Å². The first-order chi connectivity index (χ1) is 18.9. The van der Waals surface area contributed by atoms with E-state index in [1.807, 2.05) is 38.4 Å². The van der Waals surface area contributed by atoms with Gasteiger partial charge in [0.05, 0.1) is 17.0 Å². The zero-order chi connectivity index (χ0) is 27.2. The Bertz CT molecular complexity index is 1280. The van der Waals surface area contributed by atoms with Crippen molar-refractivity contribution < 1.29 is 14.3 Å². The van der Waals surface area contributed by atoms with Gasteiger partial charge in [-0.2, -0.15) is 0 Å². The molecule has 0 aliphatic carbocycles. The first-order valence-electron chi connectivity index (χ1n) is 14.1. The van der Waals surface area contributed by atoms with Crippen molar-refractivity contribution in [1.29, 1.82) is 0 Å². The number of amides is 2. The number of para-hydroxylation sites is 1. The first-order valence-corrected chi connectivity index (χ1v) is 14.1. The van der Waals surface area contributed by atoms with Gasteiger partial charge in [-0.15, -0.1) is 0 Å². The average molecular weight is 530 g/mol. The van der Waals surface area contributed by atoms with E-state index in [2.05, 4.69) is 49.4 Å². The van der Waals surface area contributed by atoms with E-state index in [9.17, 15) is 9.59 Å². The summed E-state index contributed by atoms with van der Waals surface area (Å²) >= 11 is 0. The fourth-order valence-electron chi connectivity index (χ4n) is 5.70. The summed E-state index contributed by atoms with van der Waals surface area (Å²) < 4.78 is 8.05. The van der Waals surface area contributed by atoms with Crippen molar-refractivity contribution in [1.82, 2.24) is 25.1 Å². The molecule has 0 bridgehead atoms. The van der Waals surface area contributed by atoms with Crippen molar-refractivity contribution in [2.75, 3.05) is 26.2 Å². The molecule has 1 aromatic heterocycles. The minimum Gasteiger partial charge on any atom is -0.491 e. The molecule has 1 saturated heterocycles. The quantitative estimate of drug-likeness (QED) is 0.529. The van der Waals surface area contributed by atoms with Crippen LogP contribution in [0.25, 0.3) is 5.69 Å². The Labute approximate surface area is 230 Å². The molecule has 0 radical (unpaired) electrons. The number of carbonyl (C=O) groups excluding carboxylic acids is 2. The number of benzene rings is 2. The number of hydrogen-bond acceptors (Lipinski definition) is 5. The van der Waals surface area contributed by atoms with E-state index in [4.69, 9.17) is 4.74 Å². The molecule has 2 aliphatic heterocycles. The van der Waals surface area contributed by atoms with E-state index < -0.39 is 0 Å². The predicted molar refractivity (Wildman–Crippen MR) is 151 cm³/mol. The number of ether oxygens (including phenoxy) is 1. The van der Waals surface area contributed by atoms with Crippen LogP contribution in [0.4, 0.5) is 0 Å². The second-order valence-electron chi connectivity index (χ2n) is 11.0. The molecule has 1 fully saturated rings. The summed E-state index contributed by atoms with van der Waals surface area (Å²) in [6, 6.07) is 15.8. The molecular formula is C31H39N5O3. The van der Waals surface area contributed by atoms with Gasteiger partial charge in [-0.05, 0) is 82.4 Å². The highest BCUT2D eigenvalue weighted by Gasteiger charge is 2.41. The molecule has 8 heteroatoms. The van der Waals surface area contributed by atoms with Crippen molar-refractivity contribution in [3.8, 4) is 11.4 Å². The smallest absolute Gasteiger partial charge is 0.255 e. The number of nitrogens with zero attached hydrogens (tertiary/aromatic N) is 3. The normalized spacial score (nSPS) is 20.8. The van der Waals surface area contributed by atoms with E-state index in [1.165, 1.54) is 5.56 Å². The highest BCUT2D eigenvalue weighted by atomic mass is 16.5. The number of rotatable bonds is 3. The third-order valence-corrected chi connectivity index (χ3v) is 8.11. The van der Waals surface area contributed by atoms with E-state index in [1.54, 1.807) is 12.1 Å². The number of aromatic nitrogens is 2. The Balaban J connectivity index is 1.21. The summed E-state index contributed by atoms with van der Waals surface area (Å²) in [6.07, 6.45) is 8.01. The second-order valence-corrected chi connectivity index (χ2v) is 11.0. The molecular weight excluding hydrogens is 490 g/mol. The summed E-state index contributed by atoms with van der Waals surface area (Å²) in [6.45, 7) is 7.49. The Morgan fingerprint density at radius 2 is 1.79 bits per heavy atom. The van der Waals surface area contributed by atoms with Crippen LogP contribution in [0.1, 0.15) is 60.8 Å². The Kier molecular flexibility index (Phi) is 8.31. The fourth-order valence-corrected chi connectivity index (χ4v) is 5.70. The maximum atomic E-state index is 13.6. The molecule has 3 aromatic rings. The number of nitrogens with one attached hydrogen (secondary N) is 2. The summed E-state index contributed by atoms with van der Waals surface area (Å²) in [4.78, 5) is 33.1. The lowest BCUT2D eigenvalue weighted by atomic mass is 9.73. The minimum atomic E-state index is -0.389. The van der Waals surface area contributed by atoms with Crippen molar-refractivity contribution in [2.24, 2.45) is 5.41 Å². The molecule has 0 unspecified atom stereocenters. The zero-order valence-electron chi connectivity index (χ0n) is 23.0. The molecule has 0 saturated carbocycles. The Morgan fingerprint density at radius 3 is 2.54 bits per heavy atom. The summed E-state index contributed by atoms with van der Waals surface area (Å²) in [5, 5.41) is 6.26. The molecule has 3 heterocycles. The van der Waals surface area contributed by atoms with Crippen LogP contribution in [-0.2, 0) is 11.3 Å². The lowest BCUT2D eigenvalue weighted by Gasteiger charge is -2.41. The number of likely N-dealkylation sites (tertiary alicyclic amines) is 1. The molecule has 39 heavy (non-hydrogen) atoms. The van der Waals surface area contributed by atoms with Gasteiger partial charge in [0.15, 0.2) is 0 Å². The number of piperidine rings is 1. The minimum absolute atomic E-state index is 0.115. The van der Waals surface area contributed by atoms with Gasteiger partial charge in [-0.3, -0.25) is 14.5 Å². The first kappa shape index (κ1) is 26.9. The number of imidazole rings is 1. The van der Waals surface area contributed by atoms with Crippen molar-refractivity contribution >= 4 is 11.8 Å². The van der Waals surface area contributed by atoms with Crippen molar-refractivity contribution in [3.05, 3.63) is 77.9 Å². The van der Waals surface area contributed by atoms with Gasteiger partial charge in [0.1, 0.15) is 18.2 Å². The predicted octanol–water partition coefficient (Wildman–Crippen LogP) is 4.26. The highest BCUT2D eigenvalue weighted by Crippen LogP contribution is 2.38. The maximum absolute atomic E-state index is 13.6. The van der Waals surface area contributed by atoms with Gasteiger partial charge in [0, 0.05) is 31.2 Å². The maximum Gasteiger partial charge on any atom is 0.255 e. The molecule has 2 aliphatic rings. The van der Waals surface area contributed by atoms with Gasteiger partial charge in [-0.25, -0.2) is 4.98 Å². The lowest BCUT2D eigenvalue weighted by Crippen LogP contribution is -2.51. The number of fused-ring (bicyclic) bond motifs is 1. The molecule has 5 rings (SSSR count). The summed E-state index contributed by atoms with van der Waals surface area (Å²) in [7, 11) is 0. The van der Waals surface area contributed by atoms with Crippen LogP contribution in [0, 0.1) is 12.3 Å². The van der Waals surface area contributed by atoms with Crippen LogP contribution in [0.15, 0.2) is 60.9 Å². The van der Waals surface area contributed by atoms with Gasteiger partial charge in [-0.1, -0.05) is 30.7 Å². The number of carbonyl (C=O) groups is 2. The Hall–Kier alpha value is -3.65. The summed E-state index contributed by atoms with van der Waals surface area (Å²) in [5.41, 5.74) is 2.52. The van der Waals surface area contributed by atoms with E-state index in [0.717, 1.165) is 63.3 Å². The van der Waals surface area contributed by atoms with Crippen LogP contribution in [-0.4, -0.2) is 58.5 Å². The van der Waals surface area contributed by atoms with Crippen LogP contribution < -0.4 is 15.4 Å². The van der Waals surface area contributed by atoms with Crippen LogP contribution in [0.5, 0.6) is 5.75 Å². The van der Waals surface area contributed by atoms with Crippen LogP contribution >= 0.6 is 0 Å². The van der Waals surface area contributed by atoms with Crippen LogP contribution in [0.3, 0.4) is 0 Å². The standard InChI is InChI=1S/C31H39N5O3/c1-23-22-39-28-8-4-3-7-27(28)29(37)33-16-6-5-13-31(30(38)34-23)14-18-35(19-15-31)21-25-9-11-26(12-10-25)36-20-17-32-24(36)2/h3-4,7-12,17,20,23H,5-6,13-16,18-19,21-22H2,1-2H3,(H,33,37)(H,34,38)/t23-/m1/s1. The average Bonchev–Trinajstić information content (AvgIpc) is 3.38. The highest BCUT2D eigenvalue weighted by molar-refractivity contribution is 5.96. The largest absolute Gasteiger partial charge is 0.491 e. The van der Waals surface area contributed by atoms with Gasteiger partial charge < -0.3 is 19.9 Å². The van der Waals surface area contributed by atoms with Gasteiger partial charge in [0.25, 0.3) is 5.91 Å². The lowest BCUT2D eigenvalue weighted by molar-refractivity contribution is -0.135. The monoisotopic (exact) mass is 529 g/mol. The molecule has 8 nitrogen and oxygen atoms in total. The topological polar surface area (TPSA) is 88.5 Å². The summed E-state index contributed by atoms with van der Waals surface area (Å²) in [5.74, 6) is 1.53. The fraction of sp³-hybridized carbons (Fsp3) is 0.452. The molecule has 2 N–H and O–H groups in total. The van der Waals surface area contributed by atoms with E-state index >= 15 is 0 Å². The van der Waals surface area contributed by atoms with Gasteiger partial charge in [0.2, 0.25) is 5.91 Å². The molecule has 2 amide bonds. The third-order valence-electron chi connectivity index (χ3n) is 8.11. The van der Waals surface area contributed by atoms with Crippen molar-refractivity contribution in [2.45, 2.75) is 58.5 Å². The molecule has 1 atom stereocenters. The Morgan fingerprint density at radius 1 is 1.03 bits per heavy atom. The van der Waals surface area contributed by atoms with Crippen molar-refractivity contribution in [3.63, 3.8) is 0 Å². The third kappa shape index (κ3) is 6.33. The SMILES string of the molecule is Cc1nccn1-c1ccc(CN2CCC3(CCCCNC(=O)c4ccccc4OC[C@@H](C)NC3=O)CC2)cc1.